The molecule has 1 aliphatic carbocycles. The SMILES string of the molecule is C1#Cc2ccccc2C#CC#Cc2ccccc2C#Cc2ccccc2C#C1. The van der Waals surface area contributed by atoms with Crippen LogP contribution in [-0.2, 0) is 0 Å². The molecule has 0 heteroatoms. The molecule has 4 rings (SSSR count). The second kappa shape index (κ2) is 8.23. The number of hydrogen-bond donors (Lipinski definition) is 0. The molecule has 0 atom stereocenters. The van der Waals surface area contributed by atoms with Gasteiger partial charge in [-0.1, -0.05) is 71.9 Å². The second-order valence-electron chi connectivity index (χ2n) is 5.89. The van der Waals surface area contributed by atoms with Crippen molar-refractivity contribution in [3.63, 3.8) is 0 Å². The van der Waals surface area contributed by atoms with Crippen molar-refractivity contribution in [2.24, 2.45) is 0 Å². The first-order valence-electron chi connectivity index (χ1n) is 8.73. The number of fused-ring (bicyclic) bond motifs is 3. The van der Waals surface area contributed by atoms with Gasteiger partial charge in [0.1, 0.15) is 0 Å². The third-order valence-electron chi connectivity index (χ3n) is 4.03. The summed E-state index contributed by atoms with van der Waals surface area (Å²) >= 11 is 0. The molecule has 0 unspecified atom stereocenters. The van der Waals surface area contributed by atoms with Crippen molar-refractivity contribution in [1.29, 1.82) is 0 Å². The molecule has 0 aliphatic heterocycles. The van der Waals surface area contributed by atoms with Crippen molar-refractivity contribution in [3.05, 3.63) is 106 Å². The van der Waals surface area contributed by atoms with Crippen molar-refractivity contribution >= 4 is 0 Å². The first-order chi connectivity index (χ1) is 13.9. The molecule has 28 heavy (non-hydrogen) atoms. The molecule has 0 N–H and O–H groups in total. The Morgan fingerprint density at radius 3 is 0.750 bits per heavy atom. The van der Waals surface area contributed by atoms with Crippen LogP contribution in [0.1, 0.15) is 33.4 Å². The molecular formula is C28H12. The fourth-order valence-corrected chi connectivity index (χ4v) is 2.63. The van der Waals surface area contributed by atoms with E-state index in [1.807, 2.05) is 72.8 Å². The maximum atomic E-state index is 3.21. The van der Waals surface area contributed by atoms with Crippen LogP contribution in [0.25, 0.3) is 0 Å². The topological polar surface area (TPSA) is 0 Å². The highest BCUT2D eigenvalue weighted by Crippen LogP contribution is 2.09. The van der Waals surface area contributed by atoms with Crippen LogP contribution < -0.4 is 0 Å². The summed E-state index contributed by atoms with van der Waals surface area (Å²) in [6, 6.07) is 23.4. The molecule has 3 aromatic carbocycles. The molecule has 0 spiro atoms. The van der Waals surface area contributed by atoms with Gasteiger partial charge in [-0.3, -0.25) is 0 Å². The van der Waals surface area contributed by atoms with Crippen molar-refractivity contribution in [2.45, 2.75) is 0 Å². The van der Waals surface area contributed by atoms with Gasteiger partial charge in [-0.05, 0) is 60.1 Å². The third kappa shape index (κ3) is 3.99. The van der Waals surface area contributed by atoms with Crippen LogP contribution in [0.3, 0.4) is 0 Å². The average Bonchev–Trinajstić information content (AvgIpc) is 2.74. The van der Waals surface area contributed by atoms with E-state index in [2.05, 4.69) is 59.2 Å². The molecule has 0 aromatic heterocycles. The predicted octanol–water partition coefficient (Wildman–Crippen LogP) is 4.21. The van der Waals surface area contributed by atoms with Crippen LogP contribution in [0.4, 0.5) is 0 Å². The van der Waals surface area contributed by atoms with E-state index >= 15 is 0 Å². The van der Waals surface area contributed by atoms with E-state index in [1.165, 1.54) is 0 Å². The average molecular weight is 348 g/mol. The molecule has 3 aromatic rings. The van der Waals surface area contributed by atoms with Gasteiger partial charge in [-0.2, -0.15) is 0 Å². The van der Waals surface area contributed by atoms with Gasteiger partial charge in [0.15, 0.2) is 0 Å². The normalized spacial score (nSPS) is 10.1. The number of hydrogen-bond acceptors (Lipinski definition) is 0. The first-order valence-corrected chi connectivity index (χ1v) is 8.73. The fraction of sp³-hybridized carbons (Fsp3) is 0. The summed E-state index contributed by atoms with van der Waals surface area (Å²) in [5, 5.41) is 0. The van der Waals surface area contributed by atoms with Crippen LogP contribution in [0, 0.1) is 59.2 Å². The van der Waals surface area contributed by atoms with E-state index < -0.39 is 0 Å². The Balaban J connectivity index is 1.92. The maximum absolute atomic E-state index is 3.21. The Morgan fingerprint density at radius 1 is 0.286 bits per heavy atom. The van der Waals surface area contributed by atoms with Crippen LogP contribution in [0.5, 0.6) is 0 Å². The van der Waals surface area contributed by atoms with E-state index in [4.69, 9.17) is 0 Å². The maximum Gasteiger partial charge on any atom is 0.0412 e. The standard InChI is InChI=1S/C28H12/c1-2-12-24-14-4-6-16-26-18-8-10-20-28(26)22-21-27-19-9-7-17-25(27)15-5-3-13-23(24)11-1/h1-2,7-12,17-20H. The minimum atomic E-state index is 0.840. The zero-order valence-corrected chi connectivity index (χ0v) is 14.9. The van der Waals surface area contributed by atoms with Gasteiger partial charge < -0.3 is 0 Å². The Bertz CT molecular complexity index is 1270. The smallest absolute Gasteiger partial charge is 0.0412 e. The summed E-state index contributed by atoms with van der Waals surface area (Å²) in [5.74, 6) is 30.5. The van der Waals surface area contributed by atoms with E-state index in [1.54, 1.807) is 0 Å². The summed E-state index contributed by atoms with van der Waals surface area (Å²) in [7, 11) is 0. The molecule has 0 bridgehead atoms. The van der Waals surface area contributed by atoms with Gasteiger partial charge >= 0.3 is 0 Å². The monoisotopic (exact) mass is 348 g/mol. The highest BCUT2D eigenvalue weighted by atomic mass is 14.0. The highest BCUT2D eigenvalue weighted by Gasteiger charge is 1.98. The molecule has 1 aliphatic rings. The van der Waals surface area contributed by atoms with Gasteiger partial charge in [0, 0.05) is 33.4 Å². The largest absolute Gasteiger partial charge is 0.0609 e. The van der Waals surface area contributed by atoms with Gasteiger partial charge in [-0.25, -0.2) is 0 Å². The fourth-order valence-electron chi connectivity index (χ4n) is 2.63. The molecule has 124 valence electrons. The molecule has 0 radical (unpaired) electrons. The van der Waals surface area contributed by atoms with Crippen molar-refractivity contribution < 1.29 is 0 Å². The quantitative estimate of drug-likeness (QED) is 0.534. The van der Waals surface area contributed by atoms with Crippen molar-refractivity contribution in [3.8, 4) is 59.2 Å². The van der Waals surface area contributed by atoms with E-state index in [-0.39, 0.29) is 0 Å². The summed E-state index contributed by atoms with van der Waals surface area (Å²) < 4.78 is 0. The Labute approximate surface area is 165 Å². The van der Waals surface area contributed by atoms with Gasteiger partial charge in [0.05, 0.1) is 0 Å². The molecule has 0 nitrogen and oxygen atoms in total. The van der Waals surface area contributed by atoms with Gasteiger partial charge in [0.25, 0.3) is 0 Å². The molecule has 0 fully saturated rings. The zero-order valence-electron chi connectivity index (χ0n) is 14.9. The molecule has 0 amide bonds. The van der Waals surface area contributed by atoms with E-state index in [0.29, 0.717) is 0 Å². The van der Waals surface area contributed by atoms with Crippen molar-refractivity contribution in [1.82, 2.24) is 0 Å². The van der Waals surface area contributed by atoms with Crippen molar-refractivity contribution in [2.75, 3.05) is 0 Å². The Hall–Kier alpha value is -4.54. The van der Waals surface area contributed by atoms with Gasteiger partial charge in [0.2, 0.25) is 0 Å². The highest BCUT2D eigenvalue weighted by molar-refractivity contribution is 5.59. The zero-order chi connectivity index (χ0) is 19.0. The lowest BCUT2D eigenvalue weighted by atomic mass is 10.1. The van der Waals surface area contributed by atoms with Crippen LogP contribution in [-0.4, -0.2) is 0 Å². The molecule has 0 heterocycles. The Morgan fingerprint density at radius 2 is 0.500 bits per heavy atom. The third-order valence-corrected chi connectivity index (χ3v) is 4.03. The molecule has 0 saturated carbocycles. The number of rotatable bonds is 0. The Kier molecular flexibility index (Phi) is 4.97. The molecular weight excluding hydrogens is 336 g/mol. The minimum absolute atomic E-state index is 0.840. The van der Waals surface area contributed by atoms with Crippen LogP contribution >= 0.6 is 0 Å². The van der Waals surface area contributed by atoms with Gasteiger partial charge in [-0.15, -0.1) is 0 Å². The van der Waals surface area contributed by atoms with E-state index in [0.717, 1.165) is 33.4 Å². The second-order valence-corrected chi connectivity index (χ2v) is 5.89. The number of benzene rings is 3. The lowest BCUT2D eigenvalue weighted by Gasteiger charge is -1.97. The van der Waals surface area contributed by atoms with Crippen LogP contribution in [0.15, 0.2) is 72.8 Å². The lowest BCUT2D eigenvalue weighted by molar-refractivity contribution is 1.56. The van der Waals surface area contributed by atoms with E-state index in [9.17, 15) is 0 Å². The first kappa shape index (κ1) is 16.9. The predicted molar refractivity (Wildman–Crippen MR) is 113 cm³/mol. The summed E-state index contributed by atoms with van der Waals surface area (Å²) in [6.45, 7) is 0. The minimum Gasteiger partial charge on any atom is -0.0609 e. The molecule has 0 saturated heterocycles. The summed E-state index contributed by atoms with van der Waals surface area (Å²) in [6.07, 6.45) is 0. The lowest BCUT2D eigenvalue weighted by Crippen LogP contribution is -1.86. The van der Waals surface area contributed by atoms with Crippen LogP contribution in [0.2, 0.25) is 0 Å². The summed E-state index contributed by atoms with van der Waals surface area (Å²) in [5.41, 5.74) is 5.12. The summed E-state index contributed by atoms with van der Waals surface area (Å²) in [4.78, 5) is 0.